The minimum atomic E-state index is -0.336. The van der Waals surface area contributed by atoms with E-state index in [1.807, 2.05) is 45.0 Å². The summed E-state index contributed by atoms with van der Waals surface area (Å²) in [5, 5.41) is 5.96. The van der Waals surface area contributed by atoms with Crippen LogP contribution in [0.2, 0.25) is 0 Å². The quantitative estimate of drug-likeness (QED) is 0.580. The van der Waals surface area contributed by atoms with Crippen molar-refractivity contribution < 1.29 is 14.3 Å². The Kier molecular flexibility index (Phi) is 6.63. The minimum Gasteiger partial charge on any atom is -0.494 e. The fraction of sp³-hybridized carbons (Fsp3) is 0.227. The molecule has 1 aromatic heterocycles. The van der Waals surface area contributed by atoms with E-state index in [0.717, 1.165) is 17.2 Å². The van der Waals surface area contributed by atoms with Crippen molar-refractivity contribution in [1.82, 2.24) is 9.97 Å². The Morgan fingerprint density at radius 3 is 2.45 bits per heavy atom. The zero-order chi connectivity index (χ0) is 20.6. The van der Waals surface area contributed by atoms with Gasteiger partial charge in [0, 0.05) is 5.69 Å². The van der Waals surface area contributed by atoms with Crippen LogP contribution < -0.4 is 20.1 Å². The molecule has 0 aliphatic heterocycles. The number of carbonyl (C=O) groups is 1. The molecule has 0 atom stereocenters. The molecule has 7 heteroatoms. The topological polar surface area (TPSA) is 85.4 Å². The van der Waals surface area contributed by atoms with E-state index in [1.54, 1.807) is 24.3 Å². The van der Waals surface area contributed by atoms with Gasteiger partial charge in [0.2, 0.25) is 0 Å². The number of ether oxygens (including phenoxy) is 2. The lowest BCUT2D eigenvalue weighted by Gasteiger charge is -2.15. The molecule has 0 aliphatic rings. The zero-order valence-corrected chi connectivity index (χ0v) is 16.7. The van der Waals surface area contributed by atoms with Gasteiger partial charge in [0.25, 0.3) is 5.91 Å². The summed E-state index contributed by atoms with van der Waals surface area (Å²) >= 11 is 0. The fourth-order valence-electron chi connectivity index (χ4n) is 2.57. The zero-order valence-electron chi connectivity index (χ0n) is 16.7. The lowest BCUT2D eigenvalue weighted by molar-refractivity contribution is 0.102. The van der Waals surface area contributed by atoms with Gasteiger partial charge in [0.05, 0.1) is 30.8 Å². The smallest absolute Gasteiger partial charge is 0.275 e. The molecule has 2 N–H and O–H groups in total. The third-order valence-corrected chi connectivity index (χ3v) is 3.82. The van der Waals surface area contributed by atoms with Crippen molar-refractivity contribution in [3.8, 4) is 11.5 Å². The molecule has 3 rings (SSSR count). The first-order valence-corrected chi connectivity index (χ1v) is 9.44. The highest BCUT2D eigenvalue weighted by Crippen LogP contribution is 2.27. The molecular formula is C22H24N4O3. The van der Waals surface area contributed by atoms with E-state index in [-0.39, 0.29) is 17.7 Å². The number of nitrogens with one attached hydrogen (secondary N) is 2. The van der Waals surface area contributed by atoms with Crippen molar-refractivity contribution in [2.45, 2.75) is 26.9 Å². The van der Waals surface area contributed by atoms with Gasteiger partial charge in [-0.15, -0.1) is 0 Å². The Bertz CT molecular complexity index is 941. The van der Waals surface area contributed by atoms with E-state index in [9.17, 15) is 4.79 Å². The van der Waals surface area contributed by atoms with Crippen molar-refractivity contribution in [2.75, 3.05) is 17.2 Å². The highest BCUT2D eigenvalue weighted by atomic mass is 16.5. The Morgan fingerprint density at radius 2 is 1.79 bits per heavy atom. The molecular weight excluding hydrogens is 368 g/mol. The molecule has 7 nitrogen and oxygen atoms in total. The van der Waals surface area contributed by atoms with Crippen LogP contribution in [-0.2, 0) is 0 Å². The maximum Gasteiger partial charge on any atom is 0.275 e. The van der Waals surface area contributed by atoms with E-state index in [0.29, 0.717) is 18.1 Å². The van der Waals surface area contributed by atoms with Gasteiger partial charge in [-0.05, 0) is 57.2 Å². The maximum atomic E-state index is 12.4. The lowest BCUT2D eigenvalue weighted by Crippen LogP contribution is -2.14. The molecule has 29 heavy (non-hydrogen) atoms. The SMILES string of the molecule is CCOc1ccc(NC(=O)c2cnc(Nc3ccccc3OC(C)C)cn2)cc1. The Balaban J connectivity index is 1.65. The molecule has 1 amide bonds. The molecule has 3 aromatic rings. The summed E-state index contributed by atoms with van der Waals surface area (Å²) in [6.07, 6.45) is 3.00. The third-order valence-electron chi connectivity index (χ3n) is 3.82. The second-order valence-electron chi connectivity index (χ2n) is 6.49. The highest BCUT2D eigenvalue weighted by Gasteiger charge is 2.10. The first-order chi connectivity index (χ1) is 14.0. The van der Waals surface area contributed by atoms with Gasteiger partial charge in [0.1, 0.15) is 23.0 Å². The molecule has 0 saturated heterocycles. The van der Waals surface area contributed by atoms with Gasteiger partial charge < -0.3 is 20.1 Å². The number of nitrogens with zero attached hydrogens (tertiary/aromatic N) is 2. The molecule has 0 radical (unpaired) electrons. The fourth-order valence-corrected chi connectivity index (χ4v) is 2.57. The molecule has 0 unspecified atom stereocenters. The molecule has 0 spiro atoms. The van der Waals surface area contributed by atoms with Gasteiger partial charge in [0.15, 0.2) is 0 Å². The number of benzene rings is 2. The summed E-state index contributed by atoms with van der Waals surface area (Å²) in [5.41, 5.74) is 1.65. The van der Waals surface area contributed by atoms with E-state index in [2.05, 4.69) is 20.6 Å². The molecule has 0 aliphatic carbocycles. The van der Waals surface area contributed by atoms with E-state index in [4.69, 9.17) is 9.47 Å². The van der Waals surface area contributed by atoms with Gasteiger partial charge in [-0.1, -0.05) is 12.1 Å². The Morgan fingerprint density at radius 1 is 1.03 bits per heavy atom. The number of carbonyl (C=O) groups excluding carboxylic acids is 1. The standard InChI is InChI=1S/C22H24N4O3/c1-4-28-17-11-9-16(10-12-17)25-22(27)19-13-24-21(14-23-19)26-18-7-5-6-8-20(18)29-15(2)3/h5-15H,4H2,1-3H3,(H,24,26)(H,25,27). The lowest BCUT2D eigenvalue weighted by atomic mass is 10.3. The number of hydrogen-bond donors (Lipinski definition) is 2. The molecule has 150 valence electrons. The van der Waals surface area contributed by atoms with Crippen molar-refractivity contribution in [2.24, 2.45) is 0 Å². The molecule has 2 aromatic carbocycles. The van der Waals surface area contributed by atoms with Crippen molar-refractivity contribution in [1.29, 1.82) is 0 Å². The normalized spacial score (nSPS) is 10.5. The van der Waals surface area contributed by atoms with Crippen LogP contribution in [0.1, 0.15) is 31.3 Å². The van der Waals surface area contributed by atoms with Crippen LogP contribution in [0, 0.1) is 0 Å². The van der Waals surface area contributed by atoms with Crippen LogP contribution in [0.4, 0.5) is 17.2 Å². The van der Waals surface area contributed by atoms with E-state index >= 15 is 0 Å². The number of para-hydroxylation sites is 2. The van der Waals surface area contributed by atoms with Gasteiger partial charge in [-0.3, -0.25) is 4.79 Å². The van der Waals surface area contributed by atoms with Crippen LogP contribution in [0.3, 0.4) is 0 Å². The van der Waals surface area contributed by atoms with Crippen molar-refractivity contribution in [3.63, 3.8) is 0 Å². The minimum absolute atomic E-state index is 0.0534. The molecule has 0 fully saturated rings. The predicted molar refractivity (Wildman–Crippen MR) is 113 cm³/mol. The Hall–Kier alpha value is -3.61. The van der Waals surface area contributed by atoms with Crippen LogP contribution in [-0.4, -0.2) is 28.6 Å². The average Bonchev–Trinajstić information content (AvgIpc) is 2.71. The number of hydrogen-bond acceptors (Lipinski definition) is 6. The first-order valence-electron chi connectivity index (χ1n) is 9.44. The van der Waals surface area contributed by atoms with Crippen molar-refractivity contribution in [3.05, 3.63) is 66.6 Å². The summed E-state index contributed by atoms with van der Waals surface area (Å²) in [6, 6.07) is 14.7. The number of anilines is 3. The summed E-state index contributed by atoms with van der Waals surface area (Å²) in [5.74, 6) is 1.66. The van der Waals surface area contributed by atoms with E-state index < -0.39 is 0 Å². The monoisotopic (exact) mass is 392 g/mol. The summed E-state index contributed by atoms with van der Waals surface area (Å²) in [4.78, 5) is 20.9. The highest BCUT2D eigenvalue weighted by molar-refractivity contribution is 6.02. The third kappa shape index (κ3) is 5.68. The predicted octanol–water partition coefficient (Wildman–Crippen LogP) is 4.66. The van der Waals surface area contributed by atoms with Gasteiger partial charge in [-0.25, -0.2) is 9.97 Å². The van der Waals surface area contributed by atoms with Gasteiger partial charge >= 0.3 is 0 Å². The van der Waals surface area contributed by atoms with Crippen LogP contribution >= 0.6 is 0 Å². The number of amides is 1. The summed E-state index contributed by atoms with van der Waals surface area (Å²) in [6.45, 7) is 6.45. The number of rotatable bonds is 8. The molecule has 0 bridgehead atoms. The maximum absolute atomic E-state index is 12.4. The second kappa shape index (κ2) is 9.54. The van der Waals surface area contributed by atoms with Crippen LogP contribution in [0.15, 0.2) is 60.9 Å². The van der Waals surface area contributed by atoms with Crippen molar-refractivity contribution >= 4 is 23.1 Å². The van der Waals surface area contributed by atoms with E-state index in [1.165, 1.54) is 12.4 Å². The second-order valence-corrected chi connectivity index (χ2v) is 6.49. The Labute approximate surface area is 170 Å². The summed E-state index contributed by atoms with van der Waals surface area (Å²) in [7, 11) is 0. The van der Waals surface area contributed by atoms with Crippen LogP contribution in [0.5, 0.6) is 11.5 Å². The largest absolute Gasteiger partial charge is 0.494 e. The first kappa shape index (κ1) is 20.1. The van der Waals surface area contributed by atoms with Crippen LogP contribution in [0.25, 0.3) is 0 Å². The molecule has 1 heterocycles. The van der Waals surface area contributed by atoms with Gasteiger partial charge in [-0.2, -0.15) is 0 Å². The summed E-state index contributed by atoms with van der Waals surface area (Å²) < 4.78 is 11.2. The number of aromatic nitrogens is 2. The molecule has 0 saturated carbocycles. The average molecular weight is 392 g/mol.